The first kappa shape index (κ1) is 16.1. The third kappa shape index (κ3) is 4.65. The second kappa shape index (κ2) is 8.27. The number of benzene rings is 1. The predicted molar refractivity (Wildman–Crippen MR) is 90.8 cm³/mol. The zero-order valence-corrected chi connectivity index (χ0v) is 13.5. The van der Waals surface area contributed by atoms with Crippen LogP contribution in [0.3, 0.4) is 0 Å². The van der Waals surface area contributed by atoms with E-state index in [1.165, 1.54) is 0 Å². The Morgan fingerprint density at radius 2 is 2.00 bits per heavy atom. The normalized spacial score (nSPS) is 13.0. The number of hydrogen-bond donors (Lipinski definition) is 1. The first-order valence-electron chi connectivity index (χ1n) is 7.84. The second-order valence-electron chi connectivity index (χ2n) is 5.18. The molecule has 0 aliphatic heterocycles. The minimum absolute atomic E-state index is 0.250. The standard InChI is InChI=1S/C18H24N2O2/c1-4-7-14(3)19-18(17-8-6-13-22-17)20-15-9-11-16(12-10-15)21-5-2/h6,8-14H,4-5,7H2,1-3H3,(H,19,20). The molecule has 0 radical (unpaired) electrons. The molecule has 1 heterocycles. The van der Waals surface area contributed by atoms with Gasteiger partial charge in [-0.25, -0.2) is 0 Å². The molecule has 2 aromatic rings. The maximum Gasteiger partial charge on any atom is 0.169 e. The molecular weight excluding hydrogens is 276 g/mol. The topological polar surface area (TPSA) is 46.8 Å². The lowest BCUT2D eigenvalue weighted by atomic mass is 10.2. The van der Waals surface area contributed by atoms with Gasteiger partial charge < -0.3 is 14.5 Å². The molecule has 4 nitrogen and oxygen atoms in total. The summed E-state index contributed by atoms with van der Waals surface area (Å²) in [6, 6.07) is 11.9. The van der Waals surface area contributed by atoms with E-state index in [0.29, 0.717) is 6.61 Å². The summed E-state index contributed by atoms with van der Waals surface area (Å²) in [4.78, 5) is 4.74. The minimum atomic E-state index is 0.250. The van der Waals surface area contributed by atoms with Gasteiger partial charge in [-0.05, 0) is 56.7 Å². The Bertz CT molecular complexity index is 574. The Morgan fingerprint density at radius 1 is 1.23 bits per heavy atom. The molecule has 0 aliphatic rings. The van der Waals surface area contributed by atoms with Crippen molar-refractivity contribution in [3.63, 3.8) is 0 Å². The summed E-state index contributed by atoms with van der Waals surface area (Å²) in [6.45, 7) is 6.92. The molecule has 118 valence electrons. The summed E-state index contributed by atoms with van der Waals surface area (Å²) in [7, 11) is 0. The van der Waals surface area contributed by atoms with Crippen molar-refractivity contribution in [3.05, 3.63) is 48.4 Å². The van der Waals surface area contributed by atoms with Gasteiger partial charge in [0.2, 0.25) is 0 Å². The first-order chi connectivity index (χ1) is 10.7. The van der Waals surface area contributed by atoms with Crippen LogP contribution in [-0.2, 0) is 0 Å². The van der Waals surface area contributed by atoms with Crippen LogP contribution < -0.4 is 10.1 Å². The van der Waals surface area contributed by atoms with Crippen molar-refractivity contribution in [2.45, 2.75) is 39.7 Å². The van der Waals surface area contributed by atoms with Crippen LogP contribution in [0.15, 0.2) is 52.1 Å². The van der Waals surface area contributed by atoms with Crippen molar-refractivity contribution in [2.75, 3.05) is 11.9 Å². The summed E-state index contributed by atoms with van der Waals surface area (Å²) in [5.74, 6) is 2.37. The van der Waals surface area contributed by atoms with Gasteiger partial charge in [-0.15, -0.1) is 0 Å². The monoisotopic (exact) mass is 300 g/mol. The highest BCUT2D eigenvalue weighted by Crippen LogP contribution is 2.17. The van der Waals surface area contributed by atoms with E-state index in [1.807, 2.05) is 43.3 Å². The highest BCUT2D eigenvalue weighted by molar-refractivity contribution is 6.06. The molecule has 1 aromatic heterocycles. The maximum absolute atomic E-state index is 5.49. The van der Waals surface area contributed by atoms with Crippen LogP contribution in [0.25, 0.3) is 0 Å². The van der Waals surface area contributed by atoms with Gasteiger partial charge >= 0.3 is 0 Å². The lowest BCUT2D eigenvalue weighted by Crippen LogP contribution is -2.16. The van der Waals surface area contributed by atoms with Crippen LogP contribution in [0, 0.1) is 0 Å². The predicted octanol–water partition coefficient (Wildman–Crippen LogP) is 4.73. The lowest BCUT2D eigenvalue weighted by molar-refractivity contribution is 0.340. The fourth-order valence-corrected chi connectivity index (χ4v) is 2.21. The molecule has 4 heteroatoms. The molecule has 0 bridgehead atoms. The third-order valence-corrected chi connectivity index (χ3v) is 3.24. The summed E-state index contributed by atoms with van der Waals surface area (Å²) < 4.78 is 10.9. The molecule has 22 heavy (non-hydrogen) atoms. The summed E-state index contributed by atoms with van der Waals surface area (Å²) in [5.41, 5.74) is 0.960. The molecule has 0 saturated carbocycles. The van der Waals surface area contributed by atoms with Crippen molar-refractivity contribution in [1.82, 2.24) is 0 Å². The van der Waals surface area contributed by atoms with Crippen LogP contribution in [0.2, 0.25) is 0 Å². The van der Waals surface area contributed by atoms with Gasteiger partial charge in [-0.1, -0.05) is 13.3 Å². The highest BCUT2D eigenvalue weighted by atomic mass is 16.5. The molecule has 1 atom stereocenters. The molecule has 1 unspecified atom stereocenters. The zero-order valence-electron chi connectivity index (χ0n) is 13.5. The van der Waals surface area contributed by atoms with Gasteiger partial charge in [0.25, 0.3) is 0 Å². The molecule has 0 saturated heterocycles. The number of hydrogen-bond acceptors (Lipinski definition) is 3. The Kier molecular flexibility index (Phi) is 6.07. The quantitative estimate of drug-likeness (QED) is 0.594. The van der Waals surface area contributed by atoms with Crippen LogP contribution in [0.5, 0.6) is 5.75 Å². The molecule has 0 fully saturated rings. The van der Waals surface area contributed by atoms with E-state index in [-0.39, 0.29) is 6.04 Å². The molecule has 0 aliphatic carbocycles. The molecule has 0 spiro atoms. The Hall–Kier alpha value is -2.23. The second-order valence-corrected chi connectivity index (χ2v) is 5.18. The number of amidine groups is 1. The number of anilines is 1. The Balaban J connectivity index is 2.15. The van der Waals surface area contributed by atoms with Gasteiger partial charge in [-0.3, -0.25) is 4.99 Å². The van der Waals surface area contributed by atoms with Crippen molar-refractivity contribution in [1.29, 1.82) is 0 Å². The fourth-order valence-electron chi connectivity index (χ4n) is 2.21. The number of aliphatic imine (C=N–C) groups is 1. The Labute approximate surface area is 132 Å². The van der Waals surface area contributed by atoms with Crippen LogP contribution in [-0.4, -0.2) is 18.5 Å². The summed E-state index contributed by atoms with van der Waals surface area (Å²) >= 11 is 0. The third-order valence-electron chi connectivity index (χ3n) is 3.24. The van der Waals surface area contributed by atoms with Gasteiger partial charge in [0, 0.05) is 11.7 Å². The molecule has 2 rings (SSSR count). The van der Waals surface area contributed by atoms with Gasteiger partial charge in [0.1, 0.15) is 5.75 Å². The maximum atomic E-state index is 5.49. The van der Waals surface area contributed by atoms with Crippen LogP contribution >= 0.6 is 0 Å². The number of furan rings is 1. The van der Waals surface area contributed by atoms with E-state index >= 15 is 0 Å². The van der Waals surface area contributed by atoms with E-state index in [1.54, 1.807) is 6.26 Å². The van der Waals surface area contributed by atoms with Crippen LogP contribution in [0.1, 0.15) is 39.4 Å². The number of ether oxygens (including phenoxy) is 1. The van der Waals surface area contributed by atoms with E-state index in [9.17, 15) is 0 Å². The summed E-state index contributed by atoms with van der Waals surface area (Å²) in [6.07, 6.45) is 3.82. The van der Waals surface area contributed by atoms with Crippen LogP contribution in [0.4, 0.5) is 5.69 Å². The number of nitrogens with one attached hydrogen (secondary N) is 1. The van der Waals surface area contributed by atoms with Crippen molar-refractivity contribution < 1.29 is 9.15 Å². The number of nitrogens with zero attached hydrogens (tertiary/aromatic N) is 1. The SMILES string of the molecule is CCCC(C)N=C(Nc1ccc(OCC)cc1)c1ccco1. The molecule has 0 amide bonds. The van der Waals surface area contributed by atoms with E-state index in [0.717, 1.165) is 35.9 Å². The van der Waals surface area contributed by atoms with Crippen molar-refractivity contribution in [3.8, 4) is 5.75 Å². The largest absolute Gasteiger partial charge is 0.494 e. The Morgan fingerprint density at radius 3 is 2.59 bits per heavy atom. The highest BCUT2D eigenvalue weighted by Gasteiger charge is 2.09. The van der Waals surface area contributed by atoms with E-state index < -0.39 is 0 Å². The molecular formula is C18H24N2O2. The van der Waals surface area contributed by atoms with Gasteiger partial charge in [0.05, 0.1) is 12.9 Å². The number of rotatable bonds is 7. The average molecular weight is 300 g/mol. The van der Waals surface area contributed by atoms with Gasteiger partial charge in [-0.2, -0.15) is 0 Å². The smallest absolute Gasteiger partial charge is 0.169 e. The van der Waals surface area contributed by atoms with E-state index in [2.05, 4.69) is 19.2 Å². The van der Waals surface area contributed by atoms with Gasteiger partial charge in [0.15, 0.2) is 11.6 Å². The van der Waals surface area contributed by atoms with E-state index in [4.69, 9.17) is 14.1 Å². The average Bonchev–Trinajstić information content (AvgIpc) is 3.03. The summed E-state index contributed by atoms with van der Waals surface area (Å²) in [5, 5.41) is 3.34. The minimum Gasteiger partial charge on any atom is -0.494 e. The molecule has 1 N–H and O–H groups in total. The van der Waals surface area contributed by atoms with Crippen molar-refractivity contribution in [2.24, 2.45) is 4.99 Å². The molecule has 1 aromatic carbocycles. The fraction of sp³-hybridized carbons (Fsp3) is 0.389. The zero-order chi connectivity index (χ0) is 15.8. The first-order valence-corrected chi connectivity index (χ1v) is 7.84. The lowest BCUT2D eigenvalue weighted by Gasteiger charge is -2.12. The van der Waals surface area contributed by atoms with Crippen molar-refractivity contribution >= 4 is 11.5 Å².